The molecule has 1 heterocycles. The Balaban J connectivity index is 2.14. The first-order chi connectivity index (χ1) is 7.38. The Morgan fingerprint density at radius 2 is 2.20 bits per heavy atom. The molecule has 0 aliphatic heterocycles. The van der Waals surface area contributed by atoms with Crippen LogP contribution in [0.15, 0.2) is 55.6 Å². The van der Waals surface area contributed by atoms with Gasteiger partial charge in [0, 0.05) is 18.9 Å². The Morgan fingerprint density at radius 1 is 1.33 bits per heavy atom. The Hall–Kier alpha value is -1.83. The molecule has 0 radical (unpaired) electrons. The summed E-state index contributed by atoms with van der Waals surface area (Å²) in [6, 6.07) is 8.55. The summed E-state index contributed by atoms with van der Waals surface area (Å²) in [5, 5.41) is 0. The van der Waals surface area contributed by atoms with Crippen molar-refractivity contribution in [3.63, 3.8) is 0 Å². The number of benzene rings is 1. The fraction of sp³-hybridized carbons (Fsp3) is 0.154. The van der Waals surface area contributed by atoms with Gasteiger partial charge in [-0.15, -0.1) is 6.58 Å². The highest BCUT2D eigenvalue weighted by atomic mass is 15.0. The van der Waals surface area contributed by atoms with Crippen LogP contribution >= 0.6 is 0 Å². The number of hydrogen-bond donors (Lipinski definition) is 0. The molecule has 0 fully saturated rings. The van der Waals surface area contributed by atoms with Crippen LogP contribution in [0.4, 0.5) is 0 Å². The van der Waals surface area contributed by atoms with E-state index in [9.17, 15) is 0 Å². The van der Waals surface area contributed by atoms with Gasteiger partial charge in [0.1, 0.15) is 0 Å². The van der Waals surface area contributed by atoms with Crippen molar-refractivity contribution < 1.29 is 0 Å². The lowest BCUT2D eigenvalue weighted by molar-refractivity contribution is 0.796. The topological polar surface area (TPSA) is 17.8 Å². The average molecular weight is 198 g/mol. The molecule has 0 bridgehead atoms. The third-order valence-electron chi connectivity index (χ3n) is 2.30. The lowest BCUT2D eigenvalue weighted by Gasteiger charge is -2.04. The van der Waals surface area contributed by atoms with E-state index in [4.69, 9.17) is 0 Å². The minimum Gasteiger partial charge on any atom is -0.333 e. The van der Waals surface area contributed by atoms with Crippen LogP contribution < -0.4 is 0 Å². The summed E-state index contributed by atoms with van der Waals surface area (Å²) in [5.74, 6) is 0. The molecule has 2 rings (SSSR count). The Kier molecular flexibility index (Phi) is 2.98. The van der Waals surface area contributed by atoms with Gasteiger partial charge >= 0.3 is 0 Å². The lowest BCUT2D eigenvalue weighted by atomic mass is 10.1. The molecule has 0 amide bonds. The van der Waals surface area contributed by atoms with Crippen LogP contribution in [0.2, 0.25) is 0 Å². The van der Waals surface area contributed by atoms with Gasteiger partial charge in [0.05, 0.1) is 6.33 Å². The first kappa shape index (κ1) is 9.71. The van der Waals surface area contributed by atoms with E-state index in [0.717, 1.165) is 13.0 Å². The van der Waals surface area contributed by atoms with Crippen LogP contribution in [-0.2, 0) is 13.0 Å². The molecule has 0 aliphatic rings. The number of allylic oxidation sites excluding steroid dienone is 1. The van der Waals surface area contributed by atoms with Gasteiger partial charge in [0.15, 0.2) is 0 Å². The molecule has 0 aliphatic carbocycles. The third-order valence-corrected chi connectivity index (χ3v) is 2.30. The molecular formula is C13H14N2. The number of rotatable bonds is 4. The molecule has 15 heavy (non-hydrogen) atoms. The van der Waals surface area contributed by atoms with Crippen molar-refractivity contribution in [1.82, 2.24) is 9.55 Å². The van der Waals surface area contributed by atoms with Gasteiger partial charge in [-0.25, -0.2) is 4.98 Å². The van der Waals surface area contributed by atoms with Crippen LogP contribution in [0.5, 0.6) is 0 Å². The molecule has 76 valence electrons. The van der Waals surface area contributed by atoms with Gasteiger partial charge in [0.25, 0.3) is 0 Å². The van der Waals surface area contributed by atoms with Crippen LogP contribution in [0, 0.1) is 0 Å². The van der Waals surface area contributed by atoms with Gasteiger partial charge < -0.3 is 4.57 Å². The van der Waals surface area contributed by atoms with Gasteiger partial charge in [-0.2, -0.15) is 0 Å². The minimum absolute atomic E-state index is 0.880. The van der Waals surface area contributed by atoms with Crippen molar-refractivity contribution in [2.24, 2.45) is 0 Å². The molecule has 0 unspecified atom stereocenters. The molecule has 0 spiro atoms. The normalized spacial score (nSPS) is 10.1. The predicted octanol–water partition coefficient (Wildman–Crippen LogP) is 2.66. The molecule has 2 nitrogen and oxygen atoms in total. The molecule has 2 heteroatoms. The van der Waals surface area contributed by atoms with Crippen molar-refractivity contribution in [1.29, 1.82) is 0 Å². The van der Waals surface area contributed by atoms with E-state index in [1.165, 1.54) is 11.1 Å². The van der Waals surface area contributed by atoms with Gasteiger partial charge in [0.2, 0.25) is 0 Å². The number of hydrogen-bond acceptors (Lipinski definition) is 1. The molecule has 0 saturated carbocycles. The zero-order valence-electron chi connectivity index (χ0n) is 8.63. The summed E-state index contributed by atoms with van der Waals surface area (Å²) in [5.41, 5.74) is 2.61. The summed E-state index contributed by atoms with van der Waals surface area (Å²) in [6.45, 7) is 4.63. The molecule has 0 N–H and O–H groups in total. The van der Waals surface area contributed by atoms with Crippen LogP contribution in [0.1, 0.15) is 11.1 Å². The highest BCUT2D eigenvalue weighted by molar-refractivity contribution is 5.25. The van der Waals surface area contributed by atoms with Crippen molar-refractivity contribution in [3.05, 3.63) is 66.8 Å². The smallest absolute Gasteiger partial charge is 0.0949 e. The predicted molar refractivity (Wildman–Crippen MR) is 61.7 cm³/mol. The molecular weight excluding hydrogens is 184 g/mol. The summed E-state index contributed by atoms with van der Waals surface area (Å²) in [4.78, 5) is 4.02. The van der Waals surface area contributed by atoms with E-state index in [1.54, 1.807) is 6.20 Å². The van der Waals surface area contributed by atoms with Crippen molar-refractivity contribution >= 4 is 0 Å². The minimum atomic E-state index is 0.880. The summed E-state index contributed by atoms with van der Waals surface area (Å²) < 4.78 is 2.06. The quantitative estimate of drug-likeness (QED) is 0.691. The zero-order valence-corrected chi connectivity index (χ0v) is 8.63. The summed E-state index contributed by atoms with van der Waals surface area (Å²) in [7, 11) is 0. The lowest BCUT2D eigenvalue weighted by Crippen LogP contribution is -1.96. The fourth-order valence-corrected chi connectivity index (χ4v) is 1.61. The number of imidazole rings is 1. The zero-order chi connectivity index (χ0) is 10.5. The second-order valence-corrected chi connectivity index (χ2v) is 3.55. The van der Waals surface area contributed by atoms with E-state index in [2.05, 4.69) is 40.4 Å². The van der Waals surface area contributed by atoms with Gasteiger partial charge in [-0.3, -0.25) is 0 Å². The summed E-state index contributed by atoms with van der Waals surface area (Å²) >= 11 is 0. The SMILES string of the molecule is C=CCc1cccc(Cn2ccnc2)c1. The van der Waals surface area contributed by atoms with E-state index in [0.29, 0.717) is 0 Å². The highest BCUT2D eigenvalue weighted by Gasteiger charge is 1.95. The monoisotopic (exact) mass is 198 g/mol. The molecule has 2 aromatic rings. The summed E-state index contributed by atoms with van der Waals surface area (Å²) in [6.07, 6.45) is 8.46. The second kappa shape index (κ2) is 4.60. The Labute approximate surface area is 89.9 Å². The Bertz CT molecular complexity index is 430. The first-order valence-electron chi connectivity index (χ1n) is 5.03. The fourth-order valence-electron chi connectivity index (χ4n) is 1.61. The second-order valence-electron chi connectivity index (χ2n) is 3.55. The van der Waals surface area contributed by atoms with Gasteiger partial charge in [-0.05, 0) is 17.5 Å². The molecule has 0 saturated heterocycles. The third kappa shape index (κ3) is 2.56. The maximum Gasteiger partial charge on any atom is 0.0949 e. The average Bonchev–Trinajstić information content (AvgIpc) is 2.71. The molecule has 0 atom stereocenters. The van der Waals surface area contributed by atoms with Crippen molar-refractivity contribution in [2.75, 3.05) is 0 Å². The maximum atomic E-state index is 4.02. The molecule has 1 aromatic carbocycles. The van der Waals surface area contributed by atoms with E-state index in [-0.39, 0.29) is 0 Å². The number of aromatic nitrogens is 2. The van der Waals surface area contributed by atoms with Crippen LogP contribution in [0.3, 0.4) is 0 Å². The van der Waals surface area contributed by atoms with E-state index < -0.39 is 0 Å². The molecule has 1 aromatic heterocycles. The van der Waals surface area contributed by atoms with Crippen molar-refractivity contribution in [3.8, 4) is 0 Å². The van der Waals surface area contributed by atoms with Crippen molar-refractivity contribution in [2.45, 2.75) is 13.0 Å². The van der Waals surface area contributed by atoms with Gasteiger partial charge in [-0.1, -0.05) is 30.3 Å². The van der Waals surface area contributed by atoms with Crippen LogP contribution in [0.25, 0.3) is 0 Å². The first-order valence-corrected chi connectivity index (χ1v) is 5.03. The van der Waals surface area contributed by atoms with E-state index >= 15 is 0 Å². The number of nitrogens with zero attached hydrogens (tertiary/aromatic N) is 2. The largest absolute Gasteiger partial charge is 0.333 e. The maximum absolute atomic E-state index is 4.02. The van der Waals surface area contributed by atoms with Crippen LogP contribution in [-0.4, -0.2) is 9.55 Å². The highest BCUT2D eigenvalue weighted by Crippen LogP contribution is 2.08. The Morgan fingerprint density at radius 3 is 2.93 bits per heavy atom. The van der Waals surface area contributed by atoms with E-state index in [1.807, 2.05) is 18.6 Å². The standard InChI is InChI=1S/C13H14N2/c1-2-4-12-5-3-6-13(9-12)10-15-8-7-14-11-15/h2-3,5-9,11H,1,4,10H2.